The molecule has 0 fully saturated rings. The summed E-state index contributed by atoms with van der Waals surface area (Å²) in [6.07, 6.45) is 2.97. The number of aromatic nitrogens is 1. The van der Waals surface area contributed by atoms with Gasteiger partial charge in [-0.15, -0.1) is 0 Å². The Morgan fingerprint density at radius 1 is 1.11 bits per heavy atom. The highest BCUT2D eigenvalue weighted by Crippen LogP contribution is 2.19. The number of aryl methyl sites for hydroxylation is 1. The summed E-state index contributed by atoms with van der Waals surface area (Å²) in [5, 5.41) is 0.738. The van der Waals surface area contributed by atoms with Crippen LogP contribution in [0, 0.1) is 6.92 Å². The average molecular weight is 395 g/mol. The zero-order valence-electron chi connectivity index (χ0n) is 16.7. The molecule has 0 spiro atoms. The lowest BCUT2D eigenvalue weighted by Crippen LogP contribution is -2.38. The highest BCUT2D eigenvalue weighted by molar-refractivity contribution is 6.30. The molecular weight excluding hydrogens is 368 g/mol. The predicted molar refractivity (Wildman–Crippen MR) is 116 cm³/mol. The van der Waals surface area contributed by atoms with Crippen LogP contribution in [0.25, 0.3) is 0 Å². The van der Waals surface area contributed by atoms with E-state index in [0.29, 0.717) is 6.54 Å². The summed E-state index contributed by atoms with van der Waals surface area (Å²) in [6, 6.07) is 20.0. The fourth-order valence-corrected chi connectivity index (χ4v) is 3.58. The Morgan fingerprint density at radius 2 is 1.89 bits per heavy atom. The molecular formula is C24H27ClN2O. The van der Waals surface area contributed by atoms with Crippen molar-refractivity contribution in [1.82, 2.24) is 9.47 Å². The van der Waals surface area contributed by atoms with Crippen LogP contribution in [0.2, 0.25) is 5.02 Å². The molecule has 146 valence electrons. The van der Waals surface area contributed by atoms with E-state index in [1.807, 2.05) is 60.4 Å². The molecule has 0 aliphatic rings. The van der Waals surface area contributed by atoms with Gasteiger partial charge < -0.3 is 9.47 Å². The Bertz CT molecular complexity index is 947. The smallest absolute Gasteiger partial charge is 0.254 e. The fraction of sp³-hybridized carbons (Fsp3) is 0.292. The lowest BCUT2D eigenvalue weighted by Gasteiger charge is -2.30. The van der Waals surface area contributed by atoms with Gasteiger partial charge in [-0.2, -0.15) is 0 Å². The summed E-state index contributed by atoms with van der Waals surface area (Å²) in [4.78, 5) is 15.3. The van der Waals surface area contributed by atoms with Crippen LogP contribution in [0.5, 0.6) is 0 Å². The molecule has 0 unspecified atom stereocenters. The van der Waals surface area contributed by atoms with Crippen LogP contribution in [-0.4, -0.2) is 21.4 Å². The molecule has 2 aromatic carbocycles. The second kappa shape index (κ2) is 9.11. The Morgan fingerprint density at radius 3 is 2.61 bits per heavy atom. The third kappa shape index (κ3) is 4.66. The quantitative estimate of drug-likeness (QED) is 0.486. The molecule has 1 heterocycles. The van der Waals surface area contributed by atoms with Gasteiger partial charge in [-0.05, 0) is 61.7 Å². The Hall–Kier alpha value is -2.52. The van der Waals surface area contributed by atoms with Gasteiger partial charge in [0.05, 0.1) is 6.54 Å². The van der Waals surface area contributed by atoms with Gasteiger partial charge in [-0.25, -0.2) is 0 Å². The Labute approximate surface area is 172 Å². The van der Waals surface area contributed by atoms with Gasteiger partial charge in [0.2, 0.25) is 0 Å². The fourth-order valence-electron chi connectivity index (χ4n) is 3.37. The van der Waals surface area contributed by atoms with Gasteiger partial charge in [0.15, 0.2) is 0 Å². The maximum Gasteiger partial charge on any atom is 0.254 e. The van der Waals surface area contributed by atoms with Gasteiger partial charge >= 0.3 is 0 Å². The van der Waals surface area contributed by atoms with Gasteiger partial charge in [0.25, 0.3) is 5.91 Å². The summed E-state index contributed by atoms with van der Waals surface area (Å²) < 4.78 is 2.19. The zero-order chi connectivity index (χ0) is 20.1. The van der Waals surface area contributed by atoms with Crippen molar-refractivity contribution < 1.29 is 4.79 Å². The third-order valence-corrected chi connectivity index (χ3v) is 5.49. The number of benzene rings is 2. The van der Waals surface area contributed by atoms with E-state index >= 15 is 0 Å². The molecule has 0 aliphatic heterocycles. The third-order valence-electron chi connectivity index (χ3n) is 5.26. The molecule has 1 amide bonds. The summed E-state index contributed by atoms with van der Waals surface area (Å²) in [5.41, 5.74) is 4.04. The van der Waals surface area contributed by atoms with Crippen LogP contribution in [-0.2, 0) is 13.1 Å². The summed E-state index contributed by atoms with van der Waals surface area (Å²) in [5.74, 6) is 0.0861. The van der Waals surface area contributed by atoms with E-state index in [4.69, 9.17) is 11.6 Å². The molecule has 3 nitrogen and oxygen atoms in total. The monoisotopic (exact) mass is 394 g/mol. The van der Waals surface area contributed by atoms with Crippen molar-refractivity contribution in [3.05, 3.63) is 94.3 Å². The highest BCUT2D eigenvalue weighted by Gasteiger charge is 2.23. The predicted octanol–water partition coefficient (Wildman–Crippen LogP) is 5.94. The van der Waals surface area contributed by atoms with Crippen LogP contribution in [0.1, 0.15) is 47.4 Å². The van der Waals surface area contributed by atoms with E-state index in [-0.39, 0.29) is 11.9 Å². The van der Waals surface area contributed by atoms with Crippen molar-refractivity contribution in [2.45, 2.75) is 46.3 Å². The van der Waals surface area contributed by atoms with Crippen molar-refractivity contribution in [1.29, 1.82) is 0 Å². The Kier molecular flexibility index (Phi) is 6.58. The molecule has 3 rings (SSSR count). The molecule has 0 bridgehead atoms. The number of halogens is 1. The molecule has 0 radical (unpaired) electrons. The summed E-state index contributed by atoms with van der Waals surface area (Å²) in [7, 11) is 0. The van der Waals surface area contributed by atoms with Gasteiger partial charge in [-0.1, -0.05) is 48.9 Å². The molecule has 0 N–H and O–H groups in total. The molecule has 4 heteroatoms. The number of amides is 1. The normalized spacial score (nSPS) is 12.0. The molecule has 3 aromatic rings. The van der Waals surface area contributed by atoms with Crippen LogP contribution in [0.4, 0.5) is 0 Å². The Balaban J connectivity index is 1.86. The van der Waals surface area contributed by atoms with Gasteiger partial charge in [0, 0.05) is 35.1 Å². The highest BCUT2D eigenvalue weighted by atomic mass is 35.5. The number of carbonyl (C=O) groups is 1. The maximum absolute atomic E-state index is 13.3. The first kappa shape index (κ1) is 20.2. The van der Waals surface area contributed by atoms with Gasteiger partial charge in [0.1, 0.15) is 0 Å². The second-order valence-corrected chi connectivity index (χ2v) is 7.70. The summed E-state index contributed by atoms with van der Waals surface area (Å²) in [6.45, 7) is 7.53. The molecule has 0 saturated carbocycles. The second-order valence-electron chi connectivity index (χ2n) is 7.26. The van der Waals surface area contributed by atoms with Crippen LogP contribution in [0.15, 0.2) is 66.9 Å². The minimum Gasteiger partial charge on any atom is -0.345 e. The van der Waals surface area contributed by atoms with E-state index in [1.54, 1.807) is 0 Å². The maximum atomic E-state index is 13.3. The van der Waals surface area contributed by atoms with E-state index in [1.165, 1.54) is 0 Å². The van der Waals surface area contributed by atoms with Crippen LogP contribution in [0.3, 0.4) is 0 Å². The molecule has 0 aliphatic carbocycles. The minimum atomic E-state index is 0.0861. The van der Waals surface area contributed by atoms with Crippen molar-refractivity contribution in [3.63, 3.8) is 0 Å². The number of rotatable bonds is 7. The van der Waals surface area contributed by atoms with Crippen LogP contribution >= 0.6 is 11.6 Å². The lowest BCUT2D eigenvalue weighted by atomic mass is 10.1. The average Bonchev–Trinajstić information content (AvgIpc) is 3.12. The van der Waals surface area contributed by atoms with Crippen molar-refractivity contribution >= 4 is 17.5 Å². The van der Waals surface area contributed by atoms with E-state index in [2.05, 4.69) is 36.7 Å². The van der Waals surface area contributed by atoms with Crippen molar-refractivity contribution in [3.8, 4) is 0 Å². The first-order chi connectivity index (χ1) is 13.5. The number of hydrogen-bond donors (Lipinski definition) is 0. The van der Waals surface area contributed by atoms with Crippen molar-refractivity contribution in [2.75, 3.05) is 0 Å². The molecule has 0 saturated heterocycles. The zero-order valence-corrected chi connectivity index (χ0v) is 17.5. The number of hydrogen-bond acceptors (Lipinski definition) is 1. The number of carbonyl (C=O) groups excluding carboxylic acids is 1. The van der Waals surface area contributed by atoms with Crippen LogP contribution < -0.4 is 0 Å². The summed E-state index contributed by atoms with van der Waals surface area (Å²) >= 11 is 6.13. The standard InChI is InChI=1S/C24H27ClN2O/c1-4-19(3)27(24(28)23-13-6-5-9-18(23)2)17-22-12-8-14-26(22)16-20-10-7-11-21(25)15-20/h5-15,19H,4,16-17H2,1-3H3/t19-/m0/s1. The largest absolute Gasteiger partial charge is 0.345 e. The molecule has 1 aromatic heterocycles. The van der Waals surface area contributed by atoms with E-state index in [0.717, 1.165) is 40.4 Å². The topological polar surface area (TPSA) is 25.2 Å². The lowest BCUT2D eigenvalue weighted by molar-refractivity contribution is 0.0666. The first-order valence-corrected chi connectivity index (χ1v) is 10.1. The first-order valence-electron chi connectivity index (χ1n) is 9.74. The minimum absolute atomic E-state index is 0.0861. The van der Waals surface area contributed by atoms with E-state index < -0.39 is 0 Å². The van der Waals surface area contributed by atoms with Gasteiger partial charge in [-0.3, -0.25) is 4.79 Å². The SMILES string of the molecule is CC[C@H](C)N(Cc1cccn1Cc1cccc(Cl)c1)C(=O)c1ccccc1C. The molecule has 1 atom stereocenters. The van der Waals surface area contributed by atoms with Crippen molar-refractivity contribution in [2.24, 2.45) is 0 Å². The molecule has 28 heavy (non-hydrogen) atoms. The van der Waals surface area contributed by atoms with E-state index in [9.17, 15) is 4.79 Å². The number of nitrogens with zero attached hydrogens (tertiary/aromatic N) is 2.